The van der Waals surface area contributed by atoms with Crippen LogP contribution in [0, 0.1) is 0 Å². The number of halogens is 4. The van der Waals surface area contributed by atoms with Crippen LogP contribution in [-0.4, -0.2) is 41.3 Å². The number of carbonyl (C=O) groups is 2. The molecule has 2 aromatic rings. The fourth-order valence-corrected chi connectivity index (χ4v) is 5.02. The van der Waals surface area contributed by atoms with E-state index in [1.54, 1.807) is 23.1 Å². The zero-order valence-electron chi connectivity index (χ0n) is 18.6. The lowest BCUT2D eigenvalue weighted by atomic mass is 10.2. The monoisotopic (exact) mass is 588 g/mol. The molecule has 3 rings (SSSR count). The van der Waals surface area contributed by atoms with Gasteiger partial charge in [0.2, 0.25) is 0 Å². The Labute approximate surface area is 218 Å². The number of thioether (sulfide) groups is 1. The Morgan fingerprint density at radius 2 is 2.03 bits per heavy atom. The molecule has 12 heteroatoms. The number of amides is 2. The van der Waals surface area contributed by atoms with E-state index in [0.717, 1.165) is 18.6 Å². The Morgan fingerprint density at radius 3 is 2.69 bits per heavy atom. The molecule has 0 saturated carbocycles. The highest BCUT2D eigenvalue weighted by atomic mass is 79.9. The van der Waals surface area contributed by atoms with E-state index in [2.05, 4.69) is 21.2 Å². The van der Waals surface area contributed by atoms with Gasteiger partial charge in [-0.25, -0.2) is 0 Å². The van der Waals surface area contributed by atoms with Gasteiger partial charge in [0, 0.05) is 12.2 Å². The van der Waals surface area contributed by atoms with Gasteiger partial charge in [-0.05, 0) is 64.3 Å². The third kappa shape index (κ3) is 6.77. The summed E-state index contributed by atoms with van der Waals surface area (Å²) in [4.78, 5) is 26.9. The minimum Gasteiger partial charge on any atom is -0.493 e. The SMILES string of the molecule is CCCN1C(=O)/C(=C/c2cc(Br)c(OCC(=O)Nc3cccc(C(F)(F)F)c3)c(OC)c2)SC1=S. The lowest BCUT2D eigenvalue weighted by Gasteiger charge is -2.14. The number of ether oxygens (including phenoxy) is 2. The molecule has 1 aliphatic heterocycles. The van der Waals surface area contributed by atoms with Crippen molar-refractivity contribution in [3.63, 3.8) is 0 Å². The number of carbonyl (C=O) groups excluding carboxylic acids is 2. The third-order valence-electron chi connectivity index (χ3n) is 4.69. The number of rotatable bonds is 8. The average molecular weight is 589 g/mol. The number of thiocarbonyl (C=S) groups is 1. The Balaban J connectivity index is 1.72. The van der Waals surface area contributed by atoms with Crippen LogP contribution in [-0.2, 0) is 15.8 Å². The summed E-state index contributed by atoms with van der Waals surface area (Å²) < 4.78 is 50.5. The van der Waals surface area contributed by atoms with Crippen molar-refractivity contribution in [2.24, 2.45) is 0 Å². The van der Waals surface area contributed by atoms with E-state index in [1.165, 1.54) is 31.0 Å². The molecule has 1 aliphatic rings. The van der Waals surface area contributed by atoms with Crippen molar-refractivity contribution >= 4 is 67.8 Å². The van der Waals surface area contributed by atoms with Crippen molar-refractivity contribution in [2.45, 2.75) is 19.5 Å². The zero-order chi connectivity index (χ0) is 25.8. The molecule has 1 saturated heterocycles. The maximum absolute atomic E-state index is 12.9. The minimum absolute atomic E-state index is 0.00445. The van der Waals surface area contributed by atoms with Crippen LogP contribution < -0.4 is 14.8 Å². The molecule has 0 bridgehead atoms. The molecule has 186 valence electrons. The maximum atomic E-state index is 12.9. The van der Waals surface area contributed by atoms with Crippen molar-refractivity contribution in [1.29, 1.82) is 0 Å². The largest absolute Gasteiger partial charge is 0.493 e. The van der Waals surface area contributed by atoms with Gasteiger partial charge in [0.15, 0.2) is 18.1 Å². The first-order valence-electron chi connectivity index (χ1n) is 10.3. The lowest BCUT2D eigenvalue weighted by molar-refractivity contribution is -0.137. The first-order valence-corrected chi connectivity index (χ1v) is 12.3. The van der Waals surface area contributed by atoms with Crippen LogP contribution in [0.2, 0.25) is 0 Å². The molecule has 0 atom stereocenters. The van der Waals surface area contributed by atoms with Gasteiger partial charge in [-0.15, -0.1) is 0 Å². The van der Waals surface area contributed by atoms with Gasteiger partial charge in [0.1, 0.15) is 4.32 Å². The second kappa shape index (κ2) is 11.4. The molecule has 1 heterocycles. The van der Waals surface area contributed by atoms with Gasteiger partial charge in [-0.2, -0.15) is 13.2 Å². The molecule has 35 heavy (non-hydrogen) atoms. The smallest absolute Gasteiger partial charge is 0.416 e. The number of hydrogen-bond acceptors (Lipinski definition) is 6. The van der Waals surface area contributed by atoms with Crippen molar-refractivity contribution in [1.82, 2.24) is 4.90 Å². The zero-order valence-corrected chi connectivity index (χ0v) is 21.8. The van der Waals surface area contributed by atoms with E-state index >= 15 is 0 Å². The summed E-state index contributed by atoms with van der Waals surface area (Å²) in [5.74, 6) is -0.297. The Morgan fingerprint density at radius 1 is 1.29 bits per heavy atom. The summed E-state index contributed by atoms with van der Waals surface area (Å²) in [7, 11) is 1.42. The van der Waals surface area contributed by atoms with E-state index < -0.39 is 24.3 Å². The van der Waals surface area contributed by atoms with Crippen LogP contribution >= 0.6 is 39.9 Å². The molecule has 2 amide bonds. The number of methoxy groups -OCH3 is 1. The molecule has 0 radical (unpaired) electrons. The lowest BCUT2D eigenvalue weighted by Crippen LogP contribution is -2.28. The second-order valence-electron chi connectivity index (χ2n) is 7.28. The van der Waals surface area contributed by atoms with E-state index in [4.69, 9.17) is 21.7 Å². The summed E-state index contributed by atoms with van der Waals surface area (Å²) in [6, 6.07) is 7.63. The number of anilines is 1. The van der Waals surface area contributed by atoms with E-state index in [1.807, 2.05) is 6.92 Å². The number of benzene rings is 2. The first kappa shape index (κ1) is 27.0. The highest BCUT2D eigenvalue weighted by Gasteiger charge is 2.32. The fourth-order valence-electron chi connectivity index (χ4n) is 3.14. The summed E-state index contributed by atoms with van der Waals surface area (Å²) in [6.45, 7) is 2.04. The standard InChI is InChI=1S/C23H20BrF3N2O4S2/c1-3-7-29-21(31)18(35-22(29)34)10-13-8-16(24)20(17(9-13)32-2)33-12-19(30)28-15-6-4-5-14(11-15)23(25,26)27/h4-6,8-11H,3,7,12H2,1-2H3,(H,28,30)/b18-10-. The van der Waals surface area contributed by atoms with Crippen molar-refractivity contribution in [3.8, 4) is 11.5 Å². The highest BCUT2D eigenvalue weighted by Crippen LogP contribution is 2.39. The number of alkyl halides is 3. The van der Waals surface area contributed by atoms with Crippen molar-refractivity contribution < 1.29 is 32.2 Å². The number of hydrogen-bond donors (Lipinski definition) is 1. The summed E-state index contributed by atoms with van der Waals surface area (Å²) >= 11 is 9.88. The molecule has 1 N–H and O–H groups in total. The van der Waals surface area contributed by atoms with Crippen molar-refractivity contribution in [2.75, 3.05) is 25.6 Å². The van der Waals surface area contributed by atoms with Gasteiger partial charge in [-0.1, -0.05) is 37.0 Å². The van der Waals surface area contributed by atoms with Crippen LogP contribution in [0.4, 0.5) is 18.9 Å². The minimum atomic E-state index is -4.52. The van der Waals surface area contributed by atoms with Crippen LogP contribution in [0.1, 0.15) is 24.5 Å². The maximum Gasteiger partial charge on any atom is 0.416 e. The summed E-state index contributed by atoms with van der Waals surface area (Å²) in [6.07, 6.45) is -2.05. The van der Waals surface area contributed by atoms with Crippen LogP contribution in [0.15, 0.2) is 45.8 Å². The number of nitrogens with zero attached hydrogens (tertiary/aromatic N) is 1. The predicted molar refractivity (Wildman–Crippen MR) is 136 cm³/mol. The molecular formula is C23H20BrF3N2O4S2. The summed E-state index contributed by atoms with van der Waals surface area (Å²) in [5.41, 5.74) is -0.232. The Bertz CT molecular complexity index is 1190. The van der Waals surface area contributed by atoms with Crippen LogP contribution in [0.3, 0.4) is 0 Å². The molecular weight excluding hydrogens is 569 g/mol. The molecule has 2 aromatic carbocycles. The molecule has 0 aliphatic carbocycles. The summed E-state index contributed by atoms with van der Waals surface area (Å²) in [5, 5.41) is 2.38. The van der Waals surface area contributed by atoms with Gasteiger partial charge in [0.25, 0.3) is 11.8 Å². The van der Waals surface area contributed by atoms with E-state index in [-0.39, 0.29) is 17.3 Å². The first-order chi connectivity index (χ1) is 16.5. The normalized spacial score (nSPS) is 15.0. The third-order valence-corrected chi connectivity index (χ3v) is 6.66. The Hall–Kier alpha value is -2.57. The highest BCUT2D eigenvalue weighted by molar-refractivity contribution is 9.10. The van der Waals surface area contributed by atoms with Gasteiger partial charge >= 0.3 is 6.18 Å². The van der Waals surface area contributed by atoms with Gasteiger partial charge in [0.05, 0.1) is 22.1 Å². The molecule has 0 spiro atoms. The van der Waals surface area contributed by atoms with Gasteiger partial charge < -0.3 is 14.8 Å². The van der Waals surface area contributed by atoms with Crippen LogP contribution in [0.25, 0.3) is 6.08 Å². The van der Waals surface area contributed by atoms with E-state index in [9.17, 15) is 22.8 Å². The van der Waals surface area contributed by atoms with Gasteiger partial charge in [-0.3, -0.25) is 14.5 Å². The fraction of sp³-hybridized carbons (Fsp3) is 0.261. The van der Waals surface area contributed by atoms with E-state index in [0.29, 0.717) is 31.6 Å². The Kier molecular flexibility index (Phi) is 8.84. The second-order valence-corrected chi connectivity index (χ2v) is 9.81. The molecule has 1 fully saturated rings. The molecule has 6 nitrogen and oxygen atoms in total. The van der Waals surface area contributed by atoms with Crippen molar-refractivity contribution in [3.05, 3.63) is 56.9 Å². The predicted octanol–water partition coefficient (Wildman–Crippen LogP) is 6.11. The van der Waals surface area contributed by atoms with Crippen LogP contribution in [0.5, 0.6) is 11.5 Å². The quantitative estimate of drug-likeness (QED) is 0.297. The average Bonchev–Trinajstić information content (AvgIpc) is 3.05. The molecule has 0 unspecified atom stereocenters. The molecule has 0 aromatic heterocycles. The topological polar surface area (TPSA) is 67.9 Å². The number of nitrogens with one attached hydrogen (secondary N) is 1.